The van der Waals surface area contributed by atoms with Gasteiger partial charge in [-0.3, -0.25) is 9.59 Å². The molecule has 2 rings (SSSR count). The van der Waals surface area contributed by atoms with Gasteiger partial charge in [0.15, 0.2) is 6.61 Å². The average Bonchev–Trinajstić information content (AvgIpc) is 2.91. The van der Waals surface area contributed by atoms with Crippen LogP contribution in [-0.4, -0.2) is 41.1 Å². The van der Waals surface area contributed by atoms with E-state index in [1.54, 1.807) is 0 Å². The molecular formula is C15H16F3NO4. The molecule has 1 saturated heterocycles. The van der Waals surface area contributed by atoms with Crippen molar-refractivity contribution in [3.05, 3.63) is 29.8 Å². The standard InChI is InChI=1S/C15H16F3NO4/c16-15(17,18)10-3-5-12(6-4-10)23-9-13(20)19-7-1-2-11(19)8-14(21)22/h3-6,11H,1-2,7-9H2,(H,21,22). The summed E-state index contributed by atoms with van der Waals surface area (Å²) in [6, 6.07) is 3.70. The SMILES string of the molecule is O=C(O)CC1CCCN1C(=O)COc1ccc(C(F)(F)F)cc1. The Morgan fingerprint density at radius 1 is 1.26 bits per heavy atom. The molecule has 0 saturated carbocycles. The lowest BCUT2D eigenvalue weighted by Gasteiger charge is -2.23. The fraction of sp³-hybridized carbons (Fsp3) is 0.467. The molecule has 1 atom stereocenters. The number of carbonyl (C=O) groups is 2. The molecular weight excluding hydrogens is 315 g/mol. The van der Waals surface area contributed by atoms with Crippen LogP contribution in [-0.2, 0) is 15.8 Å². The van der Waals surface area contributed by atoms with Crippen LogP contribution in [0.3, 0.4) is 0 Å². The second-order valence-electron chi connectivity index (χ2n) is 5.29. The Balaban J connectivity index is 1.90. The van der Waals surface area contributed by atoms with Gasteiger partial charge in [0.1, 0.15) is 5.75 Å². The minimum atomic E-state index is -4.42. The van der Waals surface area contributed by atoms with E-state index in [0.717, 1.165) is 30.7 Å². The molecule has 1 aliphatic rings. The lowest BCUT2D eigenvalue weighted by Crippen LogP contribution is -2.39. The first kappa shape index (κ1) is 17.1. The van der Waals surface area contributed by atoms with Crippen LogP contribution in [0.4, 0.5) is 13.2 Å². The molecule has 0 aromatic heterocycles. The van der Waals surface area contributed by atoms with Gasteiger partial charge in [0, 0.05) is 12.6 Å². The van der Waals surface area contributed by atoms with Gasteiger partial charge in [0.05, 0.1) is 12.0 Å². The van der Waals surface area contributed by atoms with Crippen molar-refractivity contribution in [2.45, 2.75) is 31.5 Å². The summed E-state index contributed by atoms with van der Waals surface area (Å²) in [5.74, 6) is -1.19. The first-order valence-corrected chi connectivity index (χ1v) is 7.08. The largest absolute Gasteiger partial charge is 0.484 e. The van der Waals surface area contributed by atoms with Gasteiger partial charge >= 0.3 is 12.1 Å². The van der Waals surface area contributed by atoms with E-state index in [0.29, 0.717) is 13.0 Å². The Morgan fingerprint density at radius 2 is 1.91 bits per heavy atom. The highest BCUT2D eigenvalue weighted by atomic mass is 19.4. The van der Waals surface area contributed by atoms with E-state index in [1.165, 1.54) is 4.90 Å². The van der Waals surface area contributed by atoms with Crippen molar-refractivity contribution < 1.29 is 32.6 Å². The third kappa shape index (κ3) is 4.61. The number of likely N-dealkylation sites (tertiary alicyclic amines) is 1. The molecule has 1 aliphatic heterocycles. The highest BCUT2D eigenvalue weighted by Crippen LogP contribution is 2.30. The number of benzene rings is 1. The van der Waals surface area contributed by atoms with Gasteiger partial charge in [-0.15, -0.1) is 0 Å². The molecule has 0 spiro atoms. The average molecular weight is 331 g/mol. The zero-order chi connectivity index (χ0) is 17.0. The molecule has 0 radical (unpaired) electrons. The number of rotatable bonds is 5. The number of hydrogen-bond donors (Lipinski definition) is 1. The maximum atomic E-state index is 12.4. The summed E-state index contributed by atoms with van der Waals surface area (Å²) in [6.45, 7) is 0.134. The number of carboxylic acids is 1. The van der Waals surface area contributed by atoms with E-state index in [-0.39, 0.29) is 30.7 Å². The smallest absolute Gasteiger partial charge is 0.416 e. The fourth-order valence-electron chi connectivity index (χ4n) is 2.55. The molecule has 1 amide bonds. The molecule has 5 nitrogen and oxygen atoms in total. The lowest BCUT2D eigenvalue weighted by atomic mass is 10.1. The minimum Gasteiger partial charge on any atom is -0.484 e. The molecule has 8 heteroatoms. The summed E-state index contributed by atoms with van der Waals surface area (Å²) in [7, 11) is 0. The Morgan fingerprint density at radius 3 is 2.48 bits per heavy atom. The number of halogens is 3. The van der Waals surface area contributed by atoms with Crippen LogP contribution in [0, 0.1) is 0 Å². The van der Waals surface area contributed by atoms with Crippen LogP contribution in [0.1, 0.15) is 24.8 Å². The van der Waals surface area contributed by atoms with E-state index < -0.39 is 17.7 Å². The van der Waals surface area contributed by atoms with Crippen LogP contribution < -0.4 is 4.74 Å². The third-order valence-corrected chi connectivity index (χ3v) is 3.65. The highest BCUT2D eigenvalue weighted by Gasteiger charge is 2.31. The number of alkyl halides is 3. The van der Waals surface area contributed by atoms with Crippen molar-refractivity contribution in [1.29, 1.82) is 0 Å². The zero-order valence-electron chi connectivity index (χ0n) is 12.2. The number of hydrogen-bond acceptors (Lipinski definition) is 3. The summed E-state index contributed by atoms with van der Waals surface area (Å²) in [4.78, 5) is 24.3. The summed E-state index contributed by atoms with van der Waals surface area (Å²) in [5, 5.41) is 8.81. The van der Waals surface area contributed by atoms with Gasteiger partial charge < -0.3 is 14.7 Å². The first-order valence-electron chi connectivity index (χ1n) is 7.08. The van der Waals surface area contributed by atoms with Gasteiger partial charge in [-0.25, -0.2) is 0 Å². The van der Waals surface area contributed by atoms with Crippen LogP contribution >= 0.6 is 0 Å². The second-order valence-corrected chi connectivity index (χ2v) is 5.29. The van der Waals surface area contributed by atoms with Crippen LogP contribution in [0.2, 0.25) is 0 Å². The Hall–Kier alpha value is -2.25. The number of carboxylic acid groups (broad SMARTS) is 1. The molecule has 1 aromatic rings. The number of aliphatic carboxylic acids is 1. The van der Waals surface area contributed by atoms with Crippen molar-refractivity contribution >= 4 is 11.9 Å². The quantitative estimate of drug-likeness (QED) is 0.900. The molecule has 1 fully saturated rings. The summed E-state index contributed by atoms with van der Waals surface area (Å²) >= 11 is 0. The Labute approximate surface area is 130 Å². The highest BCUT2D eigenvalue weighted by molar-refractivity contribution is 5.79. The normalized spacial score (nSPS) is 18.0. The van der Waals surface area contributed by atoms with Crippen LogP contribution in [0.15, 0.2) is 24.3 Å². The molecule has 0 bridgehead atoms. The van der Waals surface area contributed by atoms with Crippen molar-refractivity contribution in [2.24, 2.45) is 0 Å². The topological polar surface area (TPSA) is 66.8 Å². The minimum absolute atomic E-state index is 0.119. The van der Waals surface area contributed by atoms with E-state index in [1.807, 2.05) is 0 Å². The molecule has 1 aromatic carbocycles. The lowest BCUT2D eigenvalue weighted by molar-refractivity contribution is -0.141. The summed E-state index contributed by atoms with van der Waals surface area (Å²) < 4.78 is 42.5. The van der Waals surface area contributed by atoms with Crippen molar-refractivity contribution in [1.82, 2.24) is 4.90 Å². The number of amides is 1. The van der Waals surface area contributed by atoms with Gasteiger partial charge in [-0.05, 0) is 37.1 Å². The van der Waals surface area contributed by atoms with Crippen molar-refractivity contribution in [2.75, 3.05) is 13.2 Å². The van der Waals surface area contributed by atoms with Crippen LogP contribution in [0.25, 0.3) is 0 Å². The molecule has 1 N–H and O–H groups in total. The zero-order valence-corrected chi connectivity index (χ0v) is 12.2. The van der Waals surface area contributed by atoms with Gasteiger partial charge in [0.25, 0.3) is 5.91 Å². The van der Waals surface area contributed by atoms with E-state index >= 15 is 0 Å². The van der Waals surface area contributed by atoms with Crippen LogP contribution in [0.5, 0.6) is 5.75 Å². The van der Waals surface area contributed by atoms with Crippen molar-refractivity contribution in [3.63, 3.8) is 0 Å². The van der Waals surface area contributed by atoms with Crippen molar-refractivity contribution in [3.8, 4) is 5.75 Å². The maximum absolute atomic E-state index is 12.4. The predicted octanol–water partition coefficient (Wildman–Crippen LogP) is 2.55. The Bertz CT molecular complexity index is 571. The summed E-state index contributed by atoms with van der Waals surface area (Å²) in [5.41, 5.74) is -0.794. The molecule has 23 heavy (non-hydrogen) atoms. The van der Waals surface area contributed by atoms with Gasteiger partial charge in [0.2, 0.25) is 0 Å². The van der Waals surface area contributed by atoms with E-state index in [4.69, 9.17) is 9.84 Å². The monoisotopic (exact) mass is 331 g/mol. The number of ether oxygens (including phenoxy) is 1. The predicted molar refractivity (Wildman–Crippen MR) is 73.9 cm³/mol. The maximum Gasteiger partial charge on any atom is 0.416 e. The van der Waals surface area contributed by atoms with E-state index in [2.05, 4.69) is 0 Å². The van der Waals surface area contributed by atoms with Gasteiger partial charge in [-0.1, -0.05) is 0 Å². The first-order chi connectivity index (χ1) is 10.8. The third-order valence-electron chi connectivity index (χ3n) is 3.65. The fourth-order valence-corrected chi connectivity index (χ4v) is 2.55. The summed E-state index contributed by atoms with van der Waals surface area (Å²) in [6.07, 6.45) is -3.19. The van der Waals surface area contributed by atoms with E-state index in [9.17, 15) is 22.8 Å². The molecule has 1 unspecified atom stereocenters. The number of nitrogens with zero attached hydrogens (tertiary/aromatic N) is 1. The second kappa shape index (κ2) is 6.89. The molecule has 1 heterocycles. The number of carbonyl (C=O) groups excluding carboxylic acids is 1. The Kier molecular flexibility index (Phi) is 5.12. The molecule has 126 valence electrons. The molecule has 0 aliphatic carbocycles. The van der Waals surface area contributed by atoms with Gasteiger partial charge in [-0.2, -0.15) is 13.2 Å².